The minimum Gasteiger partial charge on any atom is -0.454 e. The van der Waals surface area contributed by atoms with Crippen molar-refractivity contribution in [3.63, 3.8) is 0 Å². The molecular formula is C21H16N4O3. The summed E-state index contributed by atoms with van der Waals surface area (Å²) in [6, 6.07) is 18.2. The van der Waals surface area contributed by atoms with Gasteiger partial charge in [-0.1, -0.05) is 18.2 Å². The van der Waals surface area contributed by atoms with Crippen LogP contribution in [0.15, 0.2) is 60.8 Å². The van der Waals surface area contributed by atoms with Crippen molar-refractivity contribution in [2.24, 2.45) is 0 Å². The van der Waals surface area contributed by atoms with Crippen molar-refractivity contribution in [2.45, 2.75) is 6.54 Å². The smallest absolute Gasteiger partial charge is 0.253 e. The number of anilines is 2. The van der Waals surface area contributed by atoms with E-state index in [1.165, 1.54) is 6.20 Å². The van der Waals surface area contributed by atoms with Crippen LogP contribution in [-0.4, -0.2) is 17.7 Å². The maximum Gasteiger partial charge on any atom is 0.253 e. The predicted molar refractivity (Wildman–Crippen MR) is 102 cm³/mol. The molecule has 0 saturated heterocycles. The highest BCUT2D eigenvalue weighted by molar-refractivity contribution is 5.94. The zero-order valence-corrected chi connectivity index (χ0v) is 14.8. The number of hydrogen-bond donors (Lipinski definition) is 2. The maximum absolute atomic E-state index is 12.4. The van der Waals surface area contributed by atoms with Gasteiger partial charge in [0.25, 0.3) is 5.91 Å². The first kappa shape index (κ1) is 17.4. The summed E-state index contributed by atoms with van der Waals surface area (Å²) in [5, 5.41) is 15.1. The molecule has 0 saturated carbocycles. The molecule has 138 valence electrons. The van der Waals surface area contributed by atoms with Gasteiger partial charge in [-0.25, -0.2) is 4.98 Å². The lowest BCUT2D eigenvalue weighted by Crippen LogP contribution is -2.22. The van der Waals surface area contributed by atoms with Crippen molar-refractivity contribution < 1.29 is 14.3 Å². The number of carbonyl (C=O) groups is 1. The Morgan fingerprint density at radius 1 is 1.11 bits per heavy atom. The molecule has 0 fully saturated rings. The summed E-state index contributed by atoms with van der Waals surface area (Å²) >= 11 is 0. The first-order chi connectivity index (χ1) is 13.7. The van der Waals surface area contributed by atoms with Crippen LogP contribution in [0.4, 0.5) is 11.5 Å². The van der Waals surface area contributed by atoms with Gasteiger partial charge < -0.3 is 20.1 Å². The zero-order valence-electron chi connectivity index (χ0n) is 14.8. The van der Waals surface area contributed by atoms with Crippen LogP contribution in [0.25, 0.3) is 0 Å². The Bertz CT molecular complexity index is 1060. The summed E-state index contributed by atoms with van der Waals surface area (Å²) in [5.74, 6) is 1.71. The first-order valence-corrected chi connectivity index (χ1v) is 8.62. The average molecular weight is 372 g/mol. The molecule has 0 atom stereocenters. The summed E-state index contributed by atoms with van der Waals surface area (Å²) in [4.78, 5) is 16.6. The van der Waals surface area contributed by atoms with Gasteiger partial charge in [0.15, 0.2) is 11.5 Å². The van der Waals surface area contributed by atoms with Crippen molar-refractivity contribution in [3.05, 3.63) is 77.5 Å². The number of nitrogens with one attached hydrogen (secondary N) is 2. The van der Waals surface area contributed by atoms with Crippen LogP contribution in [0, 0.1) is 11.3 Å². The third kappa shape index (κ3) is 3.71. The van der Waals surface area contributed by atoms with Gasteiger partial charge in [-0.15, -0.1) is 0 Å². The highest BCUT2D eigenvalue weighted by Crippen LogP contribution is 2.32. The molecule has 3 aromatic rings. The zero-order chi connectivity index (χ0) is 19.3. The van der Waals surface area contributed by atoms with Crippen LogP contribution in [0.1, 0.15) is 21.5 Å². The number of nitrogens with zero attached hydrogens (tertiary/aromatic N) is 2. The topological polar surface area (TPSA) is 96.3 Å². The number of pyridine rings is 1. The van der Waals surface area contributed by atoms with Gasteiger partial charge in [-0.2, -0.15) is 5.26 Å². The number of aromatic nitrogens is 1. The van der Waals surface area contributed by atoms with Crippen LogP contribution in [0.3, 0.4) is 0 Å². The molecular weight excluding hydrogens is 356 g/mol. The van der Waals surface area contributed by atoms with Gasteiger partial charge in [0.1, 0.15) is 11.9 Å². The molecule has 1 aromatic heterocycles. The van der Waals surface area contributed by atoms with Crippen LogP contribution in [0.2, 0.25) is 0 Å². The van der Waals surface area contributed by atoms with Crippen LogP contribution in [-0.2, 0) is 6.54 Å². The number of amides is 1. The summed E-state index contributed by atoms with van der Waals surface area (Å²) in [6.07, 6.45) is 1.49. The molecule has 0 unspecified atom stereocenters. The van der Waals surface area contributed by atoms with Gasteiger partial charge >= 0.3 is 0 Å². The van der Waals surface area contributed by atoms with E-state index in [-0.39, 0.29) is 12.7 Å². The molecule has 0 bridgehead atoms. The van der Waals surface area contributed by atoms with Gasteiger partial charge in [-0.05, 0) is 42.0 Å². The second-order valence-electron chi connectivity index (χ2n) is 6.08. The molecule has 0 aliphatic carbocycles. The molecule has 7 nitrogen and oxygen atoms in total. The van der Waals surface area contributed by atoms with E-state index in [0.29, 0.717) is 40.7 Å². The monoisotopic (exact) mass is 372 g/mol. The highest BCUT2D eigenvalue weighted by atomic mass is 16.7. The molecule has 2 heterocycles. The number of hydrogen-bond acceptors (Lipinski definition) is 6. The molecule has 0 spiro atoms. The summed E-state index contributed by atoms with van der Waals surface area (Å²) in [6.45, 7) is 0.584. The number of para-hydroxylation sites is 1. The Kier molecular flexibility index (Phi) is 4.76. The fourth-order valence-electron chi connectivity index (χ4n) is 2.77. The number of ether oxygens (including phenoxy) is 2. The SMILES string of the molecule is N#Cc1ccccc1Nc1ccc(C(=O)NCc2ccc3c(c2)OCO3)cn1. The van der Waals surface area contributed by atoms with Gasteiger partial charge in [0.05, 0.1) is 16.8 Å². The standard InChI is InChI=1S/C21H16N4O3/c22-10-15-3-1-2-4-17(15)25-20-8-6-16(12-23-20)21(26)24-11-14-5-7-18-19(9-14)28-13-27-18/h1-9,12H,11,13H2,(H,23,25)(H,24,26). The Labute approximate surface area is 161 Å². The lowest BCUT2D eigenvalue weighted by molar-refractivity contribution is 0.0950. The van der Waals surface area contributed by atoms with Crippen molar-refractivity contribution in [1.82, 2.24) is 10.3 Å². The molecule has 1 aliphatic heterocycles. The minimum absolute atomic E-state index is 0.218. The lowest BCUT2D eigenvalue weighted by Gasteiger charge is -2.09. The molecule has 7 heteroatoms. The number of carbonyl (C=O) groups excluding carboxylic acids is 1. The van der Waals surface area contributed by atoms with E-state index in [9.17, 15) is 4.79 Å². The highest BCUT2D eigenvalue weighted by Gasteiger charge is 2.14. The van der Waals surface area contributed by atoms with Crippen LogP contribution < -0.4 is 20.1 Å². The molecule has 28 heavy (non-hydrogen) atoms. The van der Waals surface area contributed by atoms with E-state index in [4.69, 9.17) is 14.7 Å². The van der Waals surface area contributed by atoms with Crippen molar-refractivity contribution in [3.8, 4) is 17.6 Å². The third-order valence-corrected chi connectivity index (χ3v) is 4.23. The van der Waals surface area contributed by atoms with E-state index in [1.807, 2.05) is 24.3 Å². The molecule has 4 rings (SSSR count). The summed E-state index contributed by atoms with van der Waals surface area (Å²) in [7, 11) is 0. The number of rotatable bonds is 5. The van der Waals surface area contributed by atoms with Gasteiger partial charge in [0, 0.05) is 12.7 Å². The molecule has 2 aromatic carbocycles. The normalized spacial score (nSPS) is 11.5. The fourth-order valence-corrected chi connectivity index (χ4v) is 2.77. The summed E-state index contributed by atoms with van der Waals surface area (Å²) < 4.78 is 10.6. The minimum atomic E-state index is -0.228. The number of nitriles is 1. The van der Waals surface area contributed by atoms with Crippen molar-refractivity contribution >= 4 is 17.4 Å². The second-order valence-corrected chi connectivity index (χ2v) is 6.08. The number of fused-ring (bicyclic) bond motifs is 1. The van der Waals surface area contributed by atoms with Crippen molar-refractivity contribution in [2.75, 3.05) is 12.1 Å². The van der Waals surface area contributed by atoms with Crippen LogP contribution in [0.5, 0.6) is 11.5 Å². The Hall–Kier alpha value is -4.05. The Balaban J connectivity index is 1.38. The first-order valence-electron chi connectivity index (χ1n) is 8.62. The summed E-state index contributed by atoms with van der Waals surface area (Å²) in [5.41, 5.74) is 2.55. The van der Waals surface area contributed by atoms with Gasteiger partial charge in [0.2, 0.25) is 6.79 Å². The Morgan fingerprint density at radius 2 is 1.96 bits per heavy atom. The average Bonchev–Trinajstić information content (AvgIpc) is 3.21. The quantitative estimate of drug-likeness (QED) is 0.713. The predicted octanol–water partition coefficient (Wildman–Crippen LogP) is 3.36. The third-order valence-electron chi connectivity index (χ3n) is 4.23. The van der Waals surface area contributed by atoms with Crippen molar-refractivity contribution in [1.29, 1.82) is 5.26 Å². The fraction of sp³-hybridized carbons (Fsp3) is 0.0952. The van der Waals surface area contributed by atoms with E-state index in [2.05, 4.69) is 21.7 Å². The molecule has 2 N–H and O–H groups in total. The van der Waals surface area contributed by atoms with E-state index in [1.54, 1.807) is 30.3 Å². The van der Waals surface area contributed by atoms with E-state index >= 15 is 0 Å². The number of benzene rings is 2. The second kappa shape index (κ2) is 7.68. The lowest BCUT2D eigenvalue weighted by atomic mass is 10.2. The Morgan fingerprint density at radius 3 is 2.79 bits per heavy atom. The largest absolute Gasteiger partial charge is 0.454 e. The van der Waals surface area contributed by atoms with Gasteiger partial charge in [-0.3, -0.25) is 4.79 Å². The molecule has 1 amide bonds. The van der Waals surface area contributed by atoms with E-state index in [0.717, 1.165) is 5.56 Å². The maximum atomic E-state index is 12.4. The molecule has 1 aliphatic rings. The molecule has 0 radical (unpaired) electrons. The van der Waals surface area contributed by atoms with E-state index < -0.39 is 0 Å². The van der Waals surface area contributed by atoms with Crippen LogP contribution >= 0.6 is 0 Å².